The molecule has 0 radical (unpaired) electrons. The lowest BCUT2D eigenvalue weighted by molar-refractivity contribution is -0.134. The summed E-state index contributed by atoms with van der Waals surface area (Å²) in [6.45, 7) is 7.27. The molecule has 0 saturated carbocycles. The molecule has 1 amide bonds. The number of halogens is 1. The molecule has 4 rings (SSSR count). The molecule has 0 N–H and O–H groups in total. The number of hydrogen-bond donors (Lipinski definition) is 0. The van der Waals surface area contributed by atoms with Crippen LogP contribution in [0.1, 0.15) is 36.7 Å². The van der Waals surface area contributed by atoms with Crippen molar-refractivity contribution >= 4 is 28.3 Å². The monoisotopic (exact) mass is 397 g/mol. The van der Waals surface area contributed by atoms with Crippen molar-refractivity contribution in [1.29, 1.82) is 0 Å². The van der Waals surface area contributed by atoms with Crippen LogP contribution in [0.3, 0.4) is 0 Å². The smallest absolute Gasteiger partial charge is 0.230 e. The van der Waals surface area contributed by atoms with Crippen LogP contribution in [0.5, 0.6) is 0 Å². The molecule has 2 aliphatic rings. The molecule has 0 saturated heterocycles. The van der Waals surface area contributed by atoms with E-state index in [0.717, 1.165) is 34.0 Å². The maximum atomic E-state index is 13.4. The van der Waals surface area contributed by atoms with Gasteiger partial charge in [-0.15, -0.1) is 0 Å². The molecule has 29 heavy (non-hydrogen) atoms. The Balaban J connectivity index is 1.85. The van der Waals surface area contributed by atoms with E-state index in [1.54, 1.807) is 11.5 Å². The van der Waals surface area contributed by atoms with E-state index in [0.29, 0.717) is 26.2 Å². The summed E-state index contributed by atoms with van der Waals surface area (Å²) in [6, 6.07) is 6.02. The number of nitrogens with zero attached hydrogens (tertiary/aromatic N) is 3. The second-order valence-electron chi connectivity index (χ2n) is 7.89. The molecule has 2 atom stereocenters. The minimum atomic E-state index is -0.443. The molecule has 1 aromatic heterocycles. The van der Waals surface area contributed by atoms with Gasteiger partial charge in [0.25, 0.3) is 0 Å². The van der Waals surface area contributed by atoms with Crippen LogP contribution < -0.4 is 0 Å². The third kappa shape index (κ3) is 3.19. The van der Waals surface area contributed by atoms with Crippen LogP contribution in [0.4, 0.5) is 4.39 Å². The van der Waals surface area contributed by atoms with Gasteiger partial charge in [0.2, 0.25) is 11.8 Å². The van der Waals surface area contributed by atoms with Gasteiger partial charge < -0.3 is 4.90 Å². The number of rotatable bonds is 5. The Bertz CT molecular complexity index is 989. The molecule has 154 valence electrons. The first kappa shape index (κ1) is 19.8. The third-order valence-corrected chi connectivity index (χ3v) is 6.35. The molecule has 5 nitrogen and oxygen atoms in total. The molecular formula is C23H28FN3O2. The third-order valence-electron chi connectivity index (χ3n) is 6.35. The van der Waals surface area contributed by atoms with Gasteiger partial charge in [-0.25, -0.2) is 4.39 Å². The molecule has 1 aliphatic heterocycles. The van der Waals surface area contributed by atoms with Crippen molar-refractivity contribution in [2.75, 3.05) is 32.9 Å². The number of hydrogen-bond acceptors (Lipinski definition) is 3. The Hall–Kier alpha value is -2.47. The van der Waals surface area contributed by atoms with Gasteiger partial charge in [-0.05, 0) is 43.0 Å². The highest BCUT2D eigenvalue weighted by atomic mass is 19.1. The van der Waals surface area contributed by atoms with Crippen LogP contribution in [0.15, 0.2) is 30.5 Å². The molecule has 1 aromatic carbocycles. The summed E-state index contributed by atoms with van der Waals surface area (Å²) >= 11 is 0. The van der Waals surface area contributed by atoms with E-state index in [4.69, 9.17) is 0 Å². The molecule has 1 aliphatic carbocycles. The fraction of sp³-hybridized carbons (Fsp3) is 0.478. The lowest BCUT2D eigenvalue weighted by atomic mass is 9.79. The summed E-state index contributed by atoms with van der Waals surface area (Å²) in [5.74, 6) is -0.198. The predicted octanol–water partition coefficient (Wildman–Crippen LogP) is 3.38. The Morgan fingerprint density at radius 3 is 2.66 bits per heavy atom. The maximum Gasteiger partial charge on any atom is 0.230 e. The van der Waals surface area contributed by atoms with Crippen LogP contribution >= 0.6 is 0 Å². The second-order valence-corrected chi connectivity index (χ2v) is 7.89. The van der Waals surface area contributed by atoms with E-state index in [1.807, 2.05) is 37.1 Å². The quantitative estimate of drug-likeness (QED) is 0.777. The fourth-order valence-electron chi connectivity index (χ4n) is 4.97. The van der Waals surface area contributed by atoms with Gasteiger partial charge in [0.15, 0.2) is 0 Å². The van der Waals surface area contributed by atoms with E-state index in [9.17, 15) is 14.0 Å². The van der Waals surface area contributed by atoms with Crippen molar-refractivity contribution < 1.29 is 14.0 Å². The van der Waals surface area contributed by atoms with Crippen molar-refractivity contribution in [3.8, 4) is 0 Å². The van der Waals surface area contributed by atoms with E-state index in [1.165, 1.54) is 0 Å². The molecule has 0 fully saturated rings. The summed E-state index contributed by atoms with van der Waals surface area (Å²) < 4.78 is 15.1. The molecular weight excluding hydrogens is 369 g/mol. The second kappa shape index (κ2) is 7.75. The van der Waals surface area contributed by atoms with Gasteiger partial charge in [-0.3, -0.25) is 19.1 Å². The summed E-state index contributed by atoms with van der Waals surface area (Å²) in [4.78, 5) is 29.1. The van der Waals surface area contributed by atoms with Gasteiger partial charge in [0, 0.05) is 50.7 Å². The van der Waals surface area contributed by atoms with Crippen LogP contribution in [0, 0.1) is 5.92 Å². The van der Waals surface area contributed by atoms with Crippen LogP contribution in [0.25, 0.3) is 16.5 Å². The van der Waals surface area contributed by atoms with Gasteiger partial charge in [0.05, 0.1) is 11.4 Å². The number of alkyl halides is 1. The highest BCUT2D eigenvalue weighted by Gasteiger charge is 2.38. The van der Waals surface area contributed by atoms with Crippen LogP contribution in [-0.4, -0.2) is 65.1 Å². The first-order valence-electron chi connectivity index (χ1n) is 10.4. The van der Waals surface area contributed by atoms with Crippen LogP contribution in [-0.2, 0) is 11.2 Å². The van der Waals surface area contributed by atoms with E-state index >= 15 is 0 Å². The van der Waals surface area contributed by atoms with E-state index < -0.39 is 6.67 Å². The molecule has 2 heterocycles. The molecule has 0 unspecified atom stereocenters. The van der Waals surface area contributed by atoms with Crippen LogP contribution in [0.2, 0.25) is 0 Å². The zero-order valence-corrected chi connectivity index (χ0v) is 17.3. The zero-order valence-electron chi connectivity index (χ0n) is 17.3. The topological polar surface area (TPSA) is 45.6 Å². The van der Waals surface area contributed by atoms with Crippen molar-refractivity contribution in [2.45, 2.75) is 33.2 Å². The van der Waals surface area contributed by atoms with Gasteiger partial charge in [-0.1, -0.05) is 18.2 Å². The first-order valence-corrected chi connectivity index (χ1v) is 10.4. The number of carbonyl (C=O) groups is 2. The van der Waals surface area contributed by atoms with Crippen molar-refractivity contribution in [3.05, 3.63) is 41.6 Å². The first-order chi connectivity index (χ1) is 14.0. The SMILES string of the molecule is CCN(CC)C(=O)[C@@H]1C=C2c3cccc4c3c(cn4C(C)=O)C[C@H]2N(CCF)C1. The van der Waals surface area contributed by atoms with Crippen molar-refractivity contribution in [3.63, 3.8) is 0 Å². The number of carbonyl (C=O) groups excluding carboxylic acids is 2. The summed E-state index contributed by atoms with van der Waals surface area (Å²) in [6.07, 6.45) is 4.75. The largest absolute Gasteiger partial charge is 0.343 e. The minimum Gasteiger partial charge on any atom is -0.343 e. The summed E-state index contributed by atoms with van der Waals surface area (Å²) in [7, 11) is 0. The summed E-state index contributed by atoms with van der Waals surface area (Å²) in [5, 5.41) is 1.08. The van der Waals surface area contributed by atoms with E-state index in [2.05, 4.69) is 17.0 Å². The Morgan fingerprint density at radius 1 is 1.24 bits per heavy atom. The number of benzene rings is 1. The maximum absolute atomic E-state index is 13.4. The predicted molar refractivity (Wildman–Crippen MR) is 113 cm³/mol. The lowest BCUT2D eigenvalue weighted by Crippen LogP contribution is -2.49. The van der Waals surface area contributed by atoms with Gasteiger partial charge >= 0.3 is 0 Å². The molecule has 0 bridgehead atoms. The Labute approximate surface area is 170 Å². The number of aromatic nitrogens is 1. The summed E-state index contributed by atoms with van der Waals surface area (Å²) in [5.41, 5.74) is 4.17. The van der Waals surface area contributed by atoms with Crippen molar-refractivity contribution in [1.82, 2.24) is 14.4 Å². The van der Waals surface area contributed by atoms with Gasteiger partial charge in [0.1, 0.15) is 6.67 Å². The molecule has 2 aromatic rings. The van der Waals surface area contributed by atoms with Gasteiger partial charge in [-0.2, -0.15) is 0 Å². The van der Waals surface area contributed by atoms with E-state index in [-0.39, 0.29) is 23.8 Å². The Kier molecular flexibility index (Phi) is 5.30. The highest BCUT2D eigenvalue weighted by Crippen LogP contribution is 2.42. The lowest BCUT2D eigenvalue weighted by Gasteiger charge is -2.42. The number of fused-ring (bicyclic) bond motifs is 2. The average Bonchev–Trinajstić information content (AvgIpc) is 3.10. The Morgan fingerprint density at radius 2 is 2.00 bits per heavy atom. The molecule has 6 heteroatoms. The standard InChI is InChI=1S/C23H28FN3O2/c1-4-25(5-2)23(29)17-11-19-18-7-6-8-20-22(18)16(14-27(20)15(3)28)12-21(19)26(13-17)10-9-24/h6-8,11,14,17,21H,4-5,9-10,12-13H2,1-3H3/t17-,21-/m1/s1. The van der Waals surface area contributed by atoms with Crippen molar-refractivity contribution in [2.24, 2.45) is 5.92 Å². The zero-order chi connectivity index (χ0) is 20.7. The highest BCUT2D eigenvalue weighted by molar-refractivity contribution is 6.03. The number of amides is 1. The molecule has 0 spiro atoms. The normalized spacial score (nSPS) is 21.0. The average molecular weight is 397 g/mol. The fourth-order valence-corrected chi connectivity index (χ4v) is 4.97. The minimum absolute atomic E-state index is 0.0209.